The minimum Gasteiger partial charge on any atom is -0.410 e. The Bertz CT molecular complexity index is 414. The zero-order valence-corrected chi connectivity index (χ0v) is 17.1. The molecule has 3 nitrogen and oxygen atoms in total. The molecule has 0 unspecified atom stereocenters. The maximum Gasteiger partial charge on any atom is 0.493 e. The van der Waals surface area contributed by atoms with Crippen LogP contribution in [0.25, 0.3) is 0 Å². The lowest BCUT2D eigenvalue weighted by Crippen LogP contribution is -2.42. The van der Waals surface area contributed by atoms with Crippen LogP contribution in [0.1, 0.15) is 53.0 Å². The fourth-order valence-corrected chi connectivity index (χ4v) is 2.47. The van der Waals surface area contributed by atoms with Crippen LogP contribution < -0.4 is 5.46 Å². The predicted octanol–water partition coefficient (Wildman–Crippen LogP) is 3.90. The summed E-state index contributed by atoms with van der Waals surface area (Å²) in [5.74, 6) is 0. The van der Waals surface area contributed by atoms with Crippen molar-refractivity contribution in [3.63, 3.8) is 0 Å². The Kier molecular flexibility index (Phi) is 13.0. The van der Waals surface area contributed by atoms with Crippen LogP contribution in [0.15, 0.2) is 24.3 Å². The van der Waals surface area contributed by atoms with Gasteiger partial charge in [0.05, 0.1) is 26.7 Å². The predicted molar refractivity (Wildman–Crippen MR) is 107 cm³/mol. The number of hydrogen-bond acceptors (Lipinski definition) is 2. The van der Waals surface area contributed by atoms with Crippen molar-refractivity contribution in [3.05, 3.63) is 29.8 Å². The molecule has 24 heavy (non-hydrogen) atoms. The first-order valence-electron chi connectivity index (χ1n) is 9.57. The summed E-state index contributed by atoms with van der Waals surface area (Å²) in [5.41, 5.74) is 2.50. The monoisotopic (exact) mass is 336 g/mol. The van der Waals surface area contributed by atoms with Crippen molar-refractivity contribution in [3.8, 4) is 0 Å². The SMILES string of the molecule is CCCCc1ccccc1B(OC)OCC.CC[N+](C)(CC)CC. The van der Waals surface area contributed by atoms with E-state index in [0.29, 0.717) is 6.61 Å². The van der Waals surface area contributed by atoms with Gasteiger partial charge in [-0.15, -0.1) is 0 Å². The van der Waals surface area contributed by atoms with Gasteiger partial charge in [-0.1, -0.05) is 37.6 Å². The molecule has 1 rings (SSSR count). The van der Waals surface area contributed by atoms with Crippen molar-refractivity contribution >= 4 is 12.6 Å². The second kappa shape index (κ2) is 13.5. The highest BCUT2D eigenvalue weighted by atomic mass is 16.6. The van der Waals surface area contributed by atoms with Crippen molar-refractivity contribution in [1.82, 2.24) is 0 Å². The number of hydrogen-bond donors (Lipinski definition) is 0. The Morgan fingerprint density at radius 2 is 1.54 bits per heavy atom. The molecule has 0 heterocycles. The largest absolute Gasteiger partial charge is 0.493 e. The van der Waals surface area contributed by atoms with Gasteiger partial charge in [0.1, 0.15) is 0 Å². The van der Waals surface area contributed by atoms with Gasteiger partial charge >= 0.3 is 7.12 Å². The van der Waals surface area contributed by atoms with Crippen LogP contribution in [-0.4, -0.2) is 52.0 Å². The van der Waals surface area contributed by atoms with Crippen LogP contribution in [0.3, 0.4) is 0 Å². The third-order valence-corrected chi connectivity index (χ3v) is 4.93. The van der Waals surface area contributed by atoms with Crippen molar-refractivity contribution < 1.29 is 13.8 Å². The number of unbranched alkanes of at least 4 members (excludes halogenated alkanes) is 1. The highest BCUT2D eigenvalue weighted by Crippen LogP contribution is 2.05. The normalized spacial score (nSPS) is 11.0. The van der Waals surface area contributed by atoms with Crippen LogP contribution in [-0.2, 0) is 15.7 Å². The fraction of sp³-hybridized carbons (Fsp3) is 0.700. The van der Waals surface area contributed by atoms with E-state index in [-0.39, 0.29) is 7.12 Å². The topological polar surface area (TPSA) is 18.5 Å². The summed E-state index contributed by atoms with van der Waals surface area (Å²) in [7, 11) is 3.76. The fourth-order valence-electron chi connectivity index (χ4n) is 2.47. The molecule has 0 radical (unpaired) electrons. The quantitative estimate of drug-likeness (QED) is 0.477. The van der Waals surface area contributed by atoms with Crippen molar-refractivity contribution in [2.24, 2.45) is 0 Å². The molecular formula is C20H39BNO2+. The first-order valence-corrected chi connectivity index (χ1v) is 9.57. The van der Waals surface area contributed by atoms with Gasteiger partial charge in [0.15, 0.2) is 0 Å². The maximum atomic E-state index is 5.58. The van der Waals surface area contributed by atoms with Crippen molar-refractivity contribution in [2.45, 2.75) is 53.9 Å². The minimum absolute atomic E-state index is 0.224. The molecule has 0 aliphatic carbocycles. The maximum absolute atomic E-state index is 5.58. The molecule has 0 N–H and O–H groups in total. The third kappa shape index (κ3) is 8.32. The Labute approximate surface area is 151 Å². The van der Waals surface area contributed by atoms with E-state index in [2.05, 4.69) is 52.9 Å². The number of quaternary nitrogens is 1. The average Bonchev–Trinajstić information content (AvgIpc) is 2.64. The third-order valence-electron chi connectivity index (χ3n) is 4.93. The summed E-state index contributed by atoms with van der Waals surface area (Å²) >= 11 is 0. The molecular weight excluding hydrogens is 297 g/mol. The van der Waals surface area contributed by atoms with Crippen LogP contribution in [0.2, 0.25) is 0 Å². The summed E-state index contributed by atoms with van der Waals surface area (Å²) in [4.78, 5) is 0. The standard InChI is InChI=1S/C13H21BO2.C7H18N/c1-4-6-9-12-10-7-8-11-13(12)14(15-3)16-5-2;1-5-8(4,6-2)7-3/h7-8,10-11H,4-6,9H2,1-3H3;5-7H2,1-4H3/q;+1. The van der Waals surface area contributed by atoms with Gasteiger partial charge in [-0.05, 0) is 51.6 Å². The average molecular weight is 336 g/mol. The molecule has 0 aromatic heterocycles. The second-order valence-corrected chi connectivity index (χ2v) is 6.39. The van der Waals surface area contributed by atoms with Crippen LogP contribution in [0.5, 0.6) is 0 Å². The molecule has 0 amide bonds. The highest BCUT2D eigenvalue weighted by molar-refractivity contribution is 6.61. The summed E-state index contributed by atoms with van der Waals surface area (Å²) < 4.78 is 12.2. The van der Waals surface area contributed by atoms with Gasteiger partial charge in [-0.3, -0.25) is 0 Å². The zero-order chi connectivity index (χ0) is 18.4. The van der Waals surface area contributed by atoms with Gasteiger partial charge in [0.25, 0.3) is 0 Å². The Morgan fingerprint density at radius 3 is 1.96 bits per heavy atom. The van der Waals surface area contributed by atoms with E-state index in [1.165, 1.54) is 48.0 Å². The second-order valence-electron chi connectivity index (χ2n) is 6.39. The van der Waals surface area contributed by atoms with Gasteiger partial charge < -0.3 is 13.8 Å². The van der Waals surface area contributed by atoms with E-state index in [1.54, 1.807) is 7.11 Å². The van der Waals surface area contributed by atoms with Gasteiger partial charge in [0.2, 0.25) is 0 Å². The molecule has 4 heteroatoms. The zero-order valence-electron chi connectivity index (χ0n) is 17.1. The summed E-state index contributed by atoms with van der Waals surface area (Å²) in [6.45, 7) is 15.4. The molecule has 138 valence electrons. The lowest BCUT2D eigenvalue weighted by Gasteiger charge is -2.30. The van der Waals surface area contributed by atoms with Crippen LogP contribution >= 0.6 is 0 Å². The van der Waals surface area contributed by atoms with Crippen LogP contribution in [0.4, 0.5) is 0 Å². The van der Waals surface area contributed by atoms with E-state index < -0.39 is 0 Å². The Morgan fingerprint density at radius 1 is 0.958 bits per heavy atom. The summed E-state index contributed by atoms with van der Waals surface area (Å²) in [6, 6.07) is 8.37. The molecule has 0 saturated heterocycles. The highest BCUT2D eigenvalue weighted by Gasteiger charge is 2.21. The van der Waals surface area contributed by atoms with E-state index in [9.17, 15) is 0 Å². The lowest BCUT2D eigenvalue weighted by molar-refractivity contribution is -0.904. The molecule has 0 saturated carbocycles. The smallest absolute Gasteiger partial charge is 0.410 e. The number of aryl methyl sites for hydroxylation is 1. The number of benzene rings is 1. The van der Waals surface area contributed by atoms with Gasteiger partial charge in [-0.2, -0.15) is 0 Å². The van der Waals surface area contributed by atoms with E-state index in [0.717, 1.165) is 6.42 Å². The molecule has 0 spiro atoms. The van der Waals surface area contributed by atoms with E-state index in [1.807, 2.05) is 13.0 Å². The van der Waals surface area contributed by atoms with Crippen molar-refractivity contribution in [1.29, 1.82) is 0 Å². The Balaban J connectivity index is 0.000000561. The molecule has 1 aromatic rings. The number of nitrogens with zero attached hydrogens (tertiary/aromatic N) is 1. The van der Waals surface area contributed by atoms with E-state index in [4.69, 9.17) is 9.31 Å². The number of rotatable bonds is 10. The first-order chi connectivity index (χ1) is 11.5. The molecule has 1 aromatic carbocycles. The molecule has 0 aliphatic heterocycles. The van der Waals surface area contributed by atoms with Gasteiger partial charge in [-0.25, -0.2) is 0 Å². The lowest BCUT2D eigenvalue weighted by atomic mass is 9.75. The molecule has 0 atom stereocenters. The van der Waals surface area contributed by atoms with Crippen LogP contribution in [0, 0.1) is 0 Å². The molecule has 0 aliphatic rings. The van der Waals surface area contributed by atoms with Crippen molar-refractivity contribution in [2.75, 3.05) is 40.4 Å². The minimum atomic E-state index is -0.224. The van der Waals surface area contributed by atoms with E-state index >= 15 is 0 Å². The molecule has 0 bridgehead atoms. The Hall–Kier alpha value is -0.835. The summed E-state index contributed by atoms with van der Waals surface area (Å²) in [6.07, 6.45) is 3.51. The molecule has 0 fully saturated rings. The summed E-state index contributed by atoms with van der Waals surface area (Å²) in [5, 5.41) is 0. The first kappa shape index (κ1) is 23.2. The van der Waals surface area contributed by atoms with Gasteiger partial charge in [0, 0.05) is 13.7 Å².